The van der Waals surface area contributed by atoms with E-state index in [2.05, 4.69) is 36.8 Å². The fourth-order valence-electron chi connectivity index (χ4n) is 2.41. The molecule has 0 N–H and O–H groups in total. The van der Waals surface area contributed by atoms with Crippen LogP contribution in [0.25, 0.3) is 0 Å². The summed E-state index contributed by atoms with van der Waals surface area (Å²) in [4.78, 5) is 0. The Morgan fingerprint density at radius 2 is 1.50 bits per heavy atom. The van der Waals surface area contributed by atoms with Crippen molar-refractivity contribution >= 4 is 18.7 Å². The molecule has 0 unspecified atom stereocenters. The Bertz CT molecular complexity index is 544. The standard InChI is InChI=1S/C18H18OSi/c1-3-15-19-20(16-4-2,17-11-7-5-8-12-17)18-13-9-6-10-14-18/h1,4-14H,2,15-16H2. The molecule has 2 aromatic rings. The third-order valence-corrected chi connectivity index (χ3v) is 7.35. The van der Waals surface area contributed by atoms with Gasteiger partial charge in [-0.2, -0.15) is 0 Å². The molecule has 0 saturated carbocycles. The number of terminal acetylenes is 1. The quantitative estimate of drug-likeness (QED) is 0.448. The summed E-state index contributed by atoms with van der Waals surface area (Å²) in [5.41, 5.74) is 0. The molecule has 0 aliphatic rings. The topological polar surface area (TPSA) is 9.23 Å². The first-order valence-corrected chi connectivity index (χ1v) is 8.74. The van der Waals surface area contributed by atoms with Crippen LogP contribution in [0.3, 0.4) is 0 Å². The van der Waals surface area contributed by atoms with Crippen molar-refractivity contribution in [2.75, 3.05) is 6.61 Å². The van der Waals surface area contributed by atoms with Gasteiger partial charge in [0.2, 0.25) is 0 Å². The van der Waals surface area contributed by atoms with Crippen molar-refractivity contribution in [3.8, 4) is 12.3 Å². The first-order chi connectivity index (χ1) is 9.83. The molecule has 2 rings (SSSR count). The van der Waals surface area contributed by atoms with Gasteiger partial charge in [0.15, 0.2) is 0 Å². The lowest BCUT2D eigenvalue weighted by atomic mass is 10.4. The molecule has 0 radical (unpaired) electrons. The minimum Gasteiger partial charge on any atom is -0.397 e. The number of hydrogen-bond donors (Lipinski definition) is 0. The predicted molar refractivity (Wildman–Crippen MR) is 87.7 cm³/mol. The lowest BCUT2D eigenvalue weighted by Gasteiger charge is -2.30. The molecule has 0 fully saturated rings. The summed E-state index contributed by atoms with van der Waals surface area (Å²) in [7, 11) is -2.33. The van der Waals surface area contributed by atoms with Crippen LogP contribution in [-0.2, 0) is 4.43 Å². The van der Waals surface area contributed by atoms with E-state index in [-0.39, 0.29) is 0 Å². The van der Waals surface area contributed by atoms with E-state index in [0.29, 0.717) is 6.61 Å². The molecule has 0 amide bonds. The van der Waals surface area contributed by atoms with Gasteiger partial charge in [-0.3, -0.25) is 0 Å². The number of rotatable bonds is 6. The van der Waals surface area contributed by atoms with E-state index in [1.54, 1.807) is 0 Å². The molecular weight excluding hydrogens is 260 g/mol. The van der Waals surface area contributed by atoms with Gasteiger partial charge in [0, 0.05) is 0 Å². The summed E-state index contributed by atoms with van der Waals surface area (Å²) in [6.45, 7) is 4.23. The molecule has 20 heavy (non-hydrogen) atoms. The Morgan fingerprint density at radius 1 is 1.00 bits per heavy atom. The van der Waals surface area contributed by atoms with Gasteiger partial charge >= 0.3 is 0 Å². The molecule has 0 aliphatic heterocycles. The van der Waals surface area contributed by atoms with Gasteiger partial charge in [-0.05, 0) is 16.4 Å². The minimum absolute atomic E-state index is 0.323. The predicted octanol–water partition coefficient (Wildman–Crippen LogP) is 2.58. The van der Waals surface area contributed by atoms with Crippen LogP contribution in [0.5, 0.6) is 0 Å². The van der Waals surface area contributed by atoms with Gasteiger partial charge in [0.1, 0.15) is 0 Å². The normalized spacial score (nSPS) is 10.8. The smallest absolute Gasteiger partial charge is 0.260 e. The van der Waals surface area contributed by atoms with Crippen LogP contribution in [-0.4, -0.2) is 14.9 Å². The van der Waals surface area contributed by atoms with E-state index >= 15 is 0 Å². The van der Waals surface area contributed by atoms with Crippen LogP contribution in [0, 0.1) is 12.3 Å². The maximum Gasteiger partial charge on any atom is 0.260 e. The van der Waals surface area contributed by atoms with Crippen LogP contribution in [0.2, 0.25) is 6.04 Å². The molecule has 0 heterocycles. The highest BCUT2D eigenvalue weighted by Gasteiger charge is 2.38. The van der Waals surface area contributed by atoms with Gasteiger partial charge in [0.25, 0.3) is 8.32 Å². The molecule has 100 valence electrons. The summed E-state index contributed by atoms with van der Waals surface area (Å²) in [5, 5.41) is 2.45. The summed E-state index contributed by atoms with van der Waals surface area (Å²) in [6.07, 6.45) is 7.34. The monoisotopic (exact) mass is 278 g/mol. The van der Waals surface area contributed by atoms with Crippen molar-refractivity contribution in [1.82, 2.24) is 0 Å². The van der Waals surface area contributed by atoms with Crippen molar-refractivity contribution in [3.63, 3.8) is 0 Å². The van der Waals surface area contributed by atoms with Gasteiger partial charge in [-0.1, -0.05) is 72.7 Å². The van der Waals surface area contributed by atoms with Crippen LogP contribution in [0.1, 0.15) is 0 Å². The zero-order valence-electron chi connectivity index (χ0n) is 11.5. The average molecular weight is 278 g/mol. The van der Waals surface area contributed by atoms with E-state index in [4.69, 9.17) is 10.8 Å². The third kappa shape index (κ3) is 2.90. The molecule has 2 heteroatoms. The second-order valence-corrected chi connectivity index (χ2v) is 8.05. The van der Waals surface area contributed by atoms with Crippen LogP contribution in [0.15, 0.2) is 73.3 Å². The highest BCUT2D eigenvalue weighted by atomic mass is 28.4. The van der Waals surface area contributed by atoms with Gasteiger partial charge in [0.05, 0.1) is 6.61 Å². The maximum absolute atomic E-state index is 6.22. The van der Waals surface area contributed by atoms with Gasteiger partial charge in [-0.15, -0.1) is 13.0 Å². The van der Waals surface area contributed by atoms with Crippen molar-refractivity contribution in [1.29, 1.82) is 0 Å². The van der Waals surface area contributed by atoms with E-state index in [1.807, 2.05) is 42.5 Å². The molecule has 1 nitrogen and oxygen atoms in total. The van der Waals surface area contributed by atoms with E-state index in [9.17, 15) is 0 Å². The first kappa shape index (κ1) is 14.3. The average Bonchev–Trinajstić information content (AvgIpc) is 2.53. The van der Waals surface area contributed by atoms with Crippen molar-refractivity contribution in [2.45, 2.75) is 6.04 Å². The van der Waals surface area contributed by atoms with E-state index in [1.165, 1.54) is 10.4 Å². The number of hydrogen-bond acceptors (Lipinski definition) is 1. The highest BCUT2D eigenvalue weighted by Crippen LogP contribution is 2.14. The highest BCUT2D eigenvalue weighted by molar-refractivity contribution is 6.97. The minimum atomic E-state index is -2.33. The Hall–Kier alpha value is -2.08. The Labute approximate surface area is 122 Å². The van der Waals surface area contributed by atoms with Crippen LogP contribution >= 0.6 is 0 Å². The van der Waals surface area contributed by atoms with E-state index < -0.39 is 8.32 Å². The molecule has 0 aromatic heterocycles. The third-order valence-electron chi connectivity index (χ3n) is 3.31. The van der Waals surface area contributed by atoms with Crippen molar-refractivity contribution < 1.29 is 4.43 Å². The van der Waals surface area contributed by atoms with Crippen molar-refractivity contribution in [3.05, 3.63) is 73.3 Å². The largest absolute Gasteiger partial charge is 0.397 e. The molecule has 0 aliphatic carbocycles. The first-order valence-electron chi connectivity index (χ1n) is 6.63. The summed E-state index contributed by atoms with van der Waals surface area (Å²) < 4.78 is 6.22. The fourth-order valence-corrected chi connectivity index (χ4v) is 5.86. The summed E-state index contributed by atoms with van der Waals surface area (Å²) in [5.74, 6) is 2.60. The lowest BCUT2D eigenvalue weighted by Crippen LogP contribution is -2.60. The second kappa shape index (κ2) is 6.90. The van der Waals surface area contributed by atoms with E-state index in [0.717, 1.165) is 6.04 Å². The number of allylic oxidation sites excluding steroid dienone is 1. The summed E-state index contributed by atoms with van der Waals surface area (Å²) >= 11 is 0. The molecule has 0 saturated heterocycles. The lowest BCUT2D eigenvalue weighted by molar-refractivity contribution is 0.372. The zero-order chi connectivity index (χ0) is 14.3. The second-order valence-electron chi connectivity index (χ2n) is 4.54. The van der Waals surface area contributed by atoms with Crippen molar-refractivity contribution in [2.24, 2.45) is 0 Å². The van der Waals surface area contributed by atoms with Gasteiger partial charge in [-0.25, -0.2) is 0 Å². The molecule has 2 aromatic carbocycles. The van der Waals surface area contributed by atoms with Gasteiger partial charge < -0.3 is 4.43 Å². The molecule has 0 bridgehead atoms. The Balaban J connectivity index is 2.56. The van der Waals surface area contributed by atoms with Crippen LogP contribution < -0.4 is 10.4 Å². The fraction of sp³-hybridized carbons (Fsp3) is 0.111. The Morgan fingerprint density at radius 3 is 1.90 bits per heavy atom. The maximum atomic E-state index is 6.22. The zero-order valence-corrected chi connectivity index (χ0v) is 12.5. The summed E-state index contributed by atoms with van der Waals surface area (Å²) in [6, 6.07) is 21.5. The number of benzene rings is 2. The molecule has 0 atom stereocenters. The molecule has 0 spiro atoms. The van der Waals surface area contributed by atoms with Crippen LogP contribution in [0.4, 0.5) is 0 Å². The SMILES string of the molecule is C#CCO[Si](CC=C)(c1ccccc1)c1ccccc1. The Kier molecular flexibility index (Phi) is 4.95. The molecular formula is C18H18OSi.